The Morgan fingerprint density at radius 3 is 2.86 bits per heavy atom. The first-order valence-electron chi connectivity index (χ1n) is 5.79. The maximum atomic E-state index is 4.73. The van der Waals surface area contributed by atoms with Crippen LogP contribution in [0.2, 0.25) is 0 Å². The molecule has 0 saturated heterocycles. The Morgan fingerprint density at radius 1 is 1.29 bits per heavy atom. The summed E-state index contributed by atoms with van der Waals surface area (Å²) in [4.78, 5) is 4.73. The highest BCUT2D eigenvalue weighted by atomic mass is 14.7. The summed E-state index contributed by atoms with van der Waals surface area (Å²) in [5, 5.41) is 0. The van der Waals surface area contributed by atoms with E-state index in [0.717, 1.165) is 0 Å². The molecule has 0 aliphatic heterocycles. The van der Waals surface area contributed by atoms with Crippen molar-refractivity contribution in [2.75, 3.05) is 0 Å². The molecule has 1 nitrogen and oxygen atoms in total. The lowest BCUT2D eigenvalue weighted by molar-refractivity contribution is 0.662. The van der Waals surface area contributed by atoms with Crippen LogP contribution < -0.4 is 0 Å². The van der Waals surface area contributed by atoms with Crippen molar-refractivity contribution in [3.05, 3.63) is 28.6 Å². The average molecular weight is 189 g/mol. The maximum absolute atomic E-state index is 4.73. The minimum Gasteiger partial charge on any atom is -0.258 e. The zero-order chi connectivity index (χ0) is 9.97. The summed E-state index contributed by atoms with van der Waals surface area (Å²) in [6.07, 6.45) is 7.53. The van der Waals surface area contributed by atoms with E-state index in [4.69, 9.17) is 4.98 Å². The van der Waals surface area contributed by atoms with Crippen LogP contribution in [0.3, 0.4) is 0 Å². The van der Waals surface area contributed by atoms with Crippen molar-refractivity contribution in [1.82, 2.24) is 4.98 Å². The fourth-order valence-corrected chi connectivity index (χ4v) is 2.31. The summed E-state index contributed by atoms with van der Waals surface area (Å²) in [5.41, 5.74) is 5.61. The first-order valence-corrected chi connectivity index (χ1v) is 5.79. The standard InChI is InChI=1S/C13H19N/c1-3-6-11-9-12-7-4-5-8-13(12)14-10(11)2/h9H,3-8H2,1-2H3. The first kappa shape index (κ1) is 9.70. The van der Waals surface area contributed by atoms with Gasteiger partial charge in [-0.2, -0.15) is 0 Å². The lowest BCUT2D eigenvalue weighted by Crippen LogP contribution is -2.08. The first-order chi connectivity index (χ1) is 6.81. The van der Waals surface area contributed by atoms with E-state index in [1.807, 2.05) is 0 Å². The van der Waals surface area contributed by atoms with Crippen molar-refractivity contribution in [3.8, 4) is 0 Å². The Bertz CT molecular complexity index is 328. The van der Waals surface area contributed by atoms with Gasteiger partial charge < -0.3 is 0 Å². The zero-order valence-electron chi connectivity index (χ0n) is 9.27. The Hall–Kier alpha value is -0.850. The second kappa shape index (κ2) is 4.12. The highest BCUT2D eigenvalue weighted by molar-refractivity contribution is 5.31. The van der Waals surface area contributed by atoms with E-state index in [-0.39, 0.29) is 0 Å². The molecule has 0 bridgehead atoms. The van der Waals surface area contributed by atoms with Crippen LogP contribution >= 0.6 is 0 Å². The summed E-state index contributed by atoms with van der Waals surface area (Å²) >= 11 is 0. The highest BCUT2D eigenvalue weighted by Gasteiger charge is 2.12. The van der Waals surface area contributed by atoms with Gasteiger partial charge in [0.1, 0.15) is 0 Å². The molecule has 1 aromatic rings. The van der Waals surface area contributed by atoms with Gasteiger partial charge in [-0.3, -0.25) is 4.98 Å². The quantitative estimate of drug-likeness (QED) is 0.696. The van der Waals surface area contributed by atoms with Crippen LogP contribution in [0.15, 0.2) is 6.07 Å². The topological polar surface area (TPSA) is 12.9 Å². The number of fused-ring (bicyclic) bond motifs is 1. The van der Waals surface area contributed by atoms with Gasteiger partial charge in [0, 0.05) is 11.4 Å². The molecule has 2 rings (SSSR count). The van der Waals surface area contributed by atoms with Crippen molar-refractivity contribution in [3.63, 3.8) is 0 Å². The van der Waals surface area contributed by atoms with Gasteiger partial charge in [-0.1, -0.05) is 19.4 Å². The SMILES string of the molecule is CCCc1cc2c(nc1C)CCCC2. The molecule has 1 heteroatoms. The third-order valence-corrected chi connectivity index (χ3v) is 3.12. The molecule has 1 aliphatic carbocycles. The van der Waals surface area contributed by atoms with E-state index >= 15 is 0 Å². The molecule has 0 atom stereocenters. The van der Waals surface area contributed by atoms with Crippen LogP contribution in [0.25, 0.3) is 0 Å². The monoisotopic (exact) mass is 189 g/mol. The van der Waals surface area contributed by atoms with Gasteiger partial charge in [0.25, 0.3) is 0 Å². The predicted octanol–water partition coefficient (Wildman–Crippen LogP) is 3.22. The second-order valence-corrected chi connectivity index (χ2v) is 4.30. The van der Waals surface area contributed by atoms with Crippen LogP contribution in [0.4, 0.5) is 0 Å². The van der Waals surface area contributed by atoms with Crippen LogP contribution in [0, 0.1) is 6.92 Å². The Balaban J connectivity index is 2.35. The third-order valence-electron chi connectivity index (χ3n) is 3.12. The zero-order valence-corrected chi connectivity index (χ0v) is 9.27. The van der Waals surface area contributed by atoms with Crippen LogP contribution in [-0.4, -0.2) is 4.98 Å². The molecule has 1 aliphatic rings. The lowest BCUT2D eigenvalue weighted by atomic mass is 9.93. The van der Waals surface area contributed by atoms with Crippen LogP contribution in [0.5, 0.6) is 0 Å². The second-order valence-electron chi connectivity index (χ2n) is 4.30. The summed E-state index contributed by atoms with van der Waals surface area (Å²) in [7, 11) is 0. The molecule has 1 heterocycles. The normalized spacial score (nSPS) is 15.3. The van der Waals surface area contributed by atoms with Gasteiger partial charge in [0.2, 0.25) is 0 Å². The van der Waals surface area contributed by atoms with Crippen molar-refractivity contribution in [1.29, 1.82) is 0 Å². The average Bonchev–Trinajstić information content (AvgIpc) is 2.19. The molecule has 0 unspecified atom stereocenters. The number of rotatable bonds is 2. The lowest BCUT2D eigenvalue weighted by Gasteiger charge is -2.17. The number of aryl methyl sites for hydroxylation is 4. The minimum atomic E-state index is 1.19. The molecule has 76 valence electrons. The summed E-state index contributed by atoms with van der Waals surface area (Å²) < 4.78 is 0. The minimum absolute atomic E-state index is 1.19. The van der Waals surface area contributed by atoms with Gasteiger partial charge >= 0.3 is 0 Å². The summed E-state index contributed by atoms with van der Waals surface area (Å²) in [6.45, 7) is 4.39. The molecule has 14 heavy (non-hydrogen) atoms. The molecule has 0 amide bonds. The molecule has 0 fully saturated rings. The van der Waals surface area contributed by atoms with Gasteiger partial charge in [-0.15, -0.1) is 0 Å². The van der Waals surface area contributed by atoms with Crippen molar-refractivity contribution in [2.45, 2.75) is 52.4 Å². The van der Waals surface area contributed by atoms with Crippen LogP contribution in [-0.2, 0) is 19.3 Å². The molecule has 0 radical (unpaired) electrons. The number of pyridine rings is 1. The number of hydrogen-bond acceptors (Lipinski definition) is 1. The van der Waals surface area contributed by atoms with Crippen molar-refractivity contribution < 1.29 is 0 Å². The third kappa shape index (κ3) is 1.82. The van der Waals surface area contributed by atoms with Crippen molar-refractivity contribution >= 4 is 0 Å². The largest absolute Gasteiger partial charge is 0.258 e. The molecule has 0 N–H and O–H groups in total. The van der Waals surface area contributed by atoms with Crippen molar-refractivity contribution in [2.24, 2.45) is 0 Å². The summed E-state index contributed by atoms with van der Waals surface area (Å²) in [6, 6.07) is 2.40. The fourth-order valence-electron chi connectivity index (χ4n) is 2.31. The Morgan fingerprint density at radius 2 is 2.07 bits per heavy atom. The van der Waals surface area contributed by atoms with E-state index in [1.54, 1.807) is 0 Å². The van der Waals surface area contributed by atoms with Gasteiger partial charge in [-0.25, -0.2) is 0 Å². The van der Waals surface area contributed by atoms with Gasteiger partial charge in [0.05, 0.1) is 0 Å². The van der Waals surface area contributed by atoms with E-state index in [1.165, 1.54) is 61.0 Å². The van der Waals surface area contributed by atoms with Gasteiger partial charge in [0.15, 0.2) is 0 Å². The number of hydrogen-bond donors (Lipinski definition) is 0. The Labute approximate surface area is 86.6 Å². The molecule has 0 saturated carbocycles. The molecule has 0 aromatic carbocycles. The van der Waals surface area contributed by atoms with Crippen LogP contribution in [0.1, 0.15) is 48.7 Å². The number of nitrogens with zero attached hydrogens (tertiary/aromatic N) is 1. The molecular formula is C13H19N. The van der Waals surface area contributed by atoms with E-state index in [2.05, 4.69) is 19.9 Å². The van der Waals surface area contributed by atoms with E-state index in [9.17, 15) is 0 Å². The summed E-state index contributed by atoms with van der Waals surface area (Å²) in [5.74, 6) is 0. The fraction of sp³-hybridized carbons (Fsp3) is 0.615. The Kier molecular flexibility index (Phi) is 2.85. The number of aromatic nitrogens is 1. The maximum Gasteiger partial charge on any atom is 0.0438 e. The molecule has 0 spiro atoms. The molecular weight excluding hydrogens is 170 g/mol. The smallest absolute Gasteiger partial charge is 0.0438 e. The van der Waals surface area contributed by atoms with E-state index < -0.39 is 0 Å². The predicted molar refractivity (Wildman–Crippen MR) is 59.6 cm³/mol. The van der Waals surface area contributed by atoms with E-state index in [0.29, 0.717) is 0 Å². The van der Waals surface area contributed by atoms with Gasteiger partial charge in [-0.05, 0) is 50.2 Å². The molecule has 1 aromatic heterocycles. The highest BCUT2D eigenvalue weighted by Crippen LogP contribution is 2.22.